The van der Waals surface area contributed by atoms with Gasteiger partial charge in [0, 0.05) is 32.2 Å². The van der Waals surface area contributed by atoms with Crippen molar-refractivity contribution in [1.82, 2.24) is 10.2 Å². The smallest absolute Gasteiger partial charge is 0.0677 e. The molecule has 0 amide bonds. The molecule has 0 aromatic heterocycles. The van der Waals surface area contributed by atoms with Crippen LogP contribution < -0.4 is 5.32 Å². The number of aliphatic hydroxyl groups excluding tert-OH is 1. The van der Waals surface area contributed by atoms with E-state index in [0.29, 0.717) is 0 Å². The van der Waals surface area contributed by atoms with E-state index >= 15 is 0 Å². The first-order valence-electron chi connectivity index (χ1n) is 5.93. The van der Waals surface area contributed by atoms with Crippen molar-refractivity contribution < 1.29 is 5.11 Å². The molecule has 3 heteroatoms. The van der Waals surface area contributed by atoms with Crippen molar-refractivity contribution in [2.24, 2.45) is 0 Å². The van der Waals surface area contributed by atoms with E-state index < -0.39 is 0 Å². The van der Waals surface area contributed by atoms with E-state index in [2.05, 4.69) is 34.5 Å². The van der Waals surface area contributed by atoms with E-state index in [9.17, 15) is 5.11 Å². The van der Waals surface area contributed by atoms with Crippen molar-refractivity contribution in [3.05, 3.63) is 35.9 Å². The molecule has 0 saturated carbocycles. The molecule has 1 aliphatic rings. The second-order valence-electron chi connectivity index (χ2n) is 4.52. The Morgan fingerprint density at radius 2 is 2.19 bits per heavy atom. The van der Waals surface area contributed by atoms with Crippen molar-refractivity contribution in [1.29, 1.82) is 0 Å². The van der Waals surface area contributed by atoms with E-state index in [0.717, 1.165) is 26.2 Å². The summed E-state index contributed by atoms with van der Waals surface area (Å²) in [7, 11) is 0. The minimum atomic E-state index is -0.279. The molecule has 1 fully saturated rings. The number of hydrogen-bond donors (Lipinski definition) is 2. The highest BCUT2D eigenvalue weighted by molar-refractivity contribution is 5.14. The lowest BCUT2D eigenvalue weighted by molar-refractivity contribution is 0.0887. The fourth-order valence-electron chi connectivity index (χ4n) is 2.15. The minimum absolute atomic E-state index is 0.206. The molecule has 1 saturated heterocycles. The summed E-state index contributed by atoms with van der Waals surface area (Å²) in [5.41, 5.74) is 1.34. The van der Waals surface area contributed by atoms with Crippen molar-refractivity contribution >= 4 is 0 Å². The second-order valence-corrected chi connectivity index (χ2v) is 4.52. The van der Waals surface area contributed by atoms with Gasteiger partial charge in [-0.15, -0.1) is 0 Å². The number of aliphatic hydroxyl groups is 1. The zero-order valence-corrected chi connectivity index (χ0v) is 9.76. The summed E-state index contributed by atoms with van der Waals surface area (Å²) in [5, 5.41) is 12.9. The van der Waals surface area contributed by atoms with Gasteiger partial charge in [0.2, 0.25) is 0 Å². The molecule has 1 aliphatic heterocycles. The molecule has 16 heavy (non-hydrogen) atoms. The largest absolute Gasteiger partial charge is 0.392 e. The van der Waals surface area contributed by atoms with Crippen molar-refractivity contribution in [2.45, 2.75) is 25.6 Å². The van der Waals surface area contributed by atoms with E-state index in [1.54, 1.807) is 0 Å². The lowest BCUT2D eigenvalue weighted by Crippen LogP contribution is -2.54. The third-order valence-electron chi connectivity index (χ3n) is 3.12. The lowest BCUT2D eigenvalue weighted by atomic mass is 10.1. The Kier molecular flexibility index (Phi) is 3.93. The average molecular weight is 220 g/mol. The molecule has 2 rings (SSSR count). The van der Waals surface area contributed by atoms with Crippen LogP contribution in [0.4, 0.5) is 0 Å². The van der Waals surface area contributed by atoms with Crippen LogP contribution >= 0.6 is 0 Å². The van der Waals surface area contributed by atoms with Crippen LogP contribution in [0.3, 0.4) is 0 Å². The van der Waals surface area contributed by atoms with Gasteiger partial charge in [0.1, 0.15) is 0 Å². The maximum atomic E-state index is 9.57. The van der Waals surface area contributed by atoms with Gasteiger partial charge < -0.3 is 10.4 Å². The summed E-state index contributed by atoms with van der Waals surface area (Å²) in [6.07, 6.45) is -0.279. The van der Waals surface area contributed by atoms with Crippen LogP contribution in [0, 0.1) is 0 Å². The highest BCUT2D eigenvalue weighted by atomic mass is 16.3. The Hall–Kier alpha value is -0.900. The van der Waals surface area contributed by atoms with E-state index in [-0.39, 0.29) is 12.1 Å². The van der Waals surface area contributed by atoms with Crippen molar-refractivity contribution in [2.75, 3.05) is 19.6 Å². The fourth-order valence-corrected chi connectivity index (χ4v) is 2.15. The monoisotopic (exact) mass is 220 g/mol. The first kappa shape index (κ1) is 11.6. The average Bonchev–Trinajstić information content (AvgIpc) is 2.30. The molecule has 3 nitrogen and oxygen atoms in total. The molecular formula is C13H20N2O. The van der Waals surface area contributed by atoms with Gasteiger partial charge in [-0.3, -0.25) is 4.90 Å². The van der Waals surface area contributed by atoms with Crippen LogP contribution in [0.15, 0.2) is 30.3 Å². The van der Waals surface area contributed by atoms with Crippen LogP contribution in [0.5, 0.6) is 0 Å². The Morgan fingerprint density at radius 3 is 2.88 bits per heavy atom. The molecular weight excluding hydrogens is 200 g/mol. The van der Waals surface area contributed by atoms with Crippen molar-refractivity contribution in [3.63, 3.8) is 0 Å². The number of hydrogen-bond acceptors (Lipinski definition) is 3. The molecule has 0 aliphatic carbocycles. The lowest BCUT2D eigenvalue weighted by Gasteiger charge is -2.35. The third-order valence-corrected chi connectivity index (χ3v) is 3.12. The van der Waals surface area contributed by atoms with E-state index in [1.807, 2.05) is 13.0 Å². The molecule has 2 atom stereocenters. The SMILES string of the molecule is CC(O)C1CN(Cc2ccccc2)CCN1. The number of piperazine rings is 1. The fraction of sp³-hybridized carbons (Fsp3) is 0.538. The summed E-state index contributed by atoms with van der Waals surface area (Å²) in [6.45, 7) is 5.77. The predicted molar refractivity (Wildman–Crippen MR) is 65.2 cm³/mol. The molecule has 1 aromatic carbocycles. The maximum absolute atomic E-state index is 9.57. The maximum Gasteiger partial charge on any atom is 0.0677 e. The van der Waals surface area contributed by atoms with Crippen LogP contribution in [-0.4, -0.2) is 41.8 Å². The van der Waals surface area contributed by atoms with Crippen LogP contribution in [0.2, 0.25) is 0 Å². The normalized spacial score (nSPS) is 24.2. The summed E-state index contributed by atoms with van der Waals surface area (Å²) in [5.74, 6) is 0. The van der Waals surface area contributed by atoms with Gasteiger partial charge in [-0.05, 0) is 12.5 Å². The molecule has 0 bridgehead atoms. The highest BCUT2D eigenvalue weighted by Gasteiger charge is 2.22. The Morgan fingerprint density at radius 1 is 1.44 bits per heavy atom. The highest BCUT2D eigenvalue weighted by Crippen LogP contribution is 2.08. The Balaban J connectivity index is 1.90. The minimum Gasteiger partial charge on any atom is -0.392 e. The third kappa shape index (κ3) is 3.04. The topological polar surface area (TPSA) is 35.5 Å². The van der Waals surface area contributed by atoms with Gasteiger partial charge >= 0.3 is 0 Å². The van der Waals surface area contributed by atoms with Gasteiger partial charge in [-0.25, -0.2) is 0 Å². The quantitative estimate of drug-likeness (QED) is 0.792. The molecule has 1 aromatic rings. The molecule has 88 valence electrons. The van der Waals surface area contributed by atoms with Crippen LogP contribution in [-0.2, 0) is 6.54 Å². The molecule has 0 radical (unpaired) electrons. The van der Waals surface area contributed by atoms with Gasteiger partial charge in [0.15, 0.2) is 0 Å². The number of rotatable bonds is 3. The Labute approximate surface area is 97.1 Å². The van der Waals surface area contributed by atoms with Gasteiger partial charge in [-0.1, -0.05) is 30.3 Å². The summed E-state index contributed by atoms with van der Waals surface area (Å²) in [6, 6.07) is 10.7. The van der Waals surface area contributed by atoms with Gasteiger partial charge in [0.25, 0.3) is 0 Å². The summed E-state index contributed by atoms with van der Waals surface area (Å²) in [4.78, 5) is 2.39. The molecule has 1 heterocycles. The van der Waals surface area contributed by atoms with Gasteiger partial charge in [-0.2, -0.15) is 0 Å². The number of nitrogens with one attached hydrogen (secondary N) is 1. The van der Waals surface area contributed by atoms with Gasteiger partial charge in [0.05, 0.1) is 6.10 Å². The molecule has 0 spiro atoms. The number of benzene rings is 1. The zero-order chi connectivity index (χ0) is 11.4. The zero-order valence-electron chi connectivity index (χ0n) is 9.76. The molecule has 2 N–H and O–H groups in total. The van der Waals surface area contributed by atoms with Crippen molar-refractivity contribution in [3.8, 4) is 0 Å². The summed E-state index contributed by atoms with van der Waals surface area (Å²) >= 11 is 0. The van der Waals surface area contributed by atoms with E-state index in [4.69, 9.17) is 0 Å². The standard InChI is InChI=1S/C13H20N2O/c1-11(16)13-10-15(8-7-14-13)9-12-5-3-2-4-6-12/h2-6,11,13-14,16H,7-10H2,1H3. The predicted octanol–water partition coefficient (Wildman–Crippen LogP) is 0.841. The van der Waals surface area contributed by atoms with Crippen LogP contribution in [0.1, 0.15) is 12.5 Å². The molecule has 2 unspecified atom stereocenters. The first-order chi connectivity index (χ1) is 7.75. The second kappa shape index (κ2) is 5.43. The number of nitrogens with zero attached hydrogens (tertiary/aromatic N) is 1. The summed E-state index contributed by atoms with van der Waals surface area (Å²) < 4.78 is 0. The van der Waals surface area contributed by atoms with Crippen LogP contribution in [0.25, 0.3) is 0 Å². The Bertz CT molecular complexity index is 313. The van der Waals surface area contributed by atoms with E-state index in [1.165, 1.54) is 5.56 Å². The first-order valence-corrected chi connectivity index (χ1v) is 5.93.